The molecule has 0 atom stereocenters. The number of primary amides is 1. The van der Waals surface area contributed by atoms with Crippen molar-refractivity contribution in [2.24, 2.45) is 5.73 Å². The Hall–Kier alpha value is -2.07. The number of benzene rings is 2. The number of fused-ring (bicyclic) bond motifs is 1. The van der Waals surface area contributed by atoms with E-state index in [9.17, 15) is 4.79 Å². The average Bonchev–Trinajstić information content (AvgIpc) is 2.78. The minimum Gasteiger partial charge on any atom is -0.366 e. The van der Waals surface area contributed by atoms with Crippen molar-refractivity contribution in [3.05, 3.63) is 70.3 Å². The van der Waals surface area contributed by atoms with E-state index in [0.29, 0.717) is 12.1 Å². The van der Waals surface area contributed by atoms with Crippen molar-refractivity contribution in [1.29, 1.82) is 0 Å². The first kappa shape index (κ1) is 12.9. The third-order valence-corrected chi connectivity index (χ3v) is 3.79. The predicted octanol–water partition coefficient (Wildman–Crippen LogP) is 3.55. The normalized spacial score (nSPS) is 10.8. The van der Waals surface area contributed by atoms with E-state index in [1.807, 2.05) is 42.6 Å². The molecule has 3 aromatic rings. The lowest BCUT2D eigenvalue weighted by Gasteiger charge is -2.06. The Morgan fingerprint density at radius 2 is 1.95 bits per heavy atom. The van der Waals surface area contributed by atoms with E-state index in [0.717, 1.165) is 20.9 Å². The molecule has 0 aliphatic carbocycles. The van der Waals surface area contributed by atoms with Crippen LogP contribution in [0.3, 0.4) is 0 Å². The van der Waals surface area contributed by atoms with E-state index in [1.165, 1.54) is 0 Å². The van der Waals surface area contributed by atoms with Gasteiger partial charge in [-0.2, -0.15) is 0 Å². The summed E-state index contributed by atoms with van der Waals surface area (Å²) in [6.45, 7) is 0.702. The molecule has 0 aliphatic rings. The van der Waals surface area contributed by atoms with Crippen LogP contribution in [-0.2, 0) is 6.54 Å². The van der Waals surface area contributed by atoms with Gasteiger partial charge in [0.1, 0.15) is 0 Å². The number of carbonyl (C=O) groups excluding carboxylic acids is 1. The second-order valence-corrected chi connectivity index (χ2v) is 5.60. The Morgan fingerprint density at radius 3 is 2.70 bits per heavy atom. The number of hydrogen-bond acceptors (Lipinski definition) is 1. The molecule has 1 heterocycles. The van der Waals surface area contributed by atoms with Gasteiger partial charge in [-0.25, -0.2) is 0 Å². The first-order valence-electron chi connectivity index (χ1n) is 6.27. The van der Waals surface area contributed by atoms with Gasteiger partial charge in [0.05, 0.1) is 5.56 Å². The lowest BCUT2D eigenvalue weighted by Crippen LogP contribution is -2.10. The molecule has 0 saturated carbocycles. The van der Waals surface area contributed by atoms with E-state index in [4.69, 9.17) is 5.73 Å². The molecule has 0 fully saturated rings. The van der Waals surface area contributed by atoms with Gasteiger partial charge in [0.25, 0.3) is 5.91 Å². The second-order valence-electron chi connectivity index (χ2n) is 4.68. The minimum absolute atomic E-state index is 0.394. The number of halogens is 1. The van der Waals surface area contributed by atoms with Gasteiger partial charge < -0.3 is 10.3 Å². The zero-order valence-corrected chi connectivity index (χ0v) is 12.3. The topological polar surface area (TPSA) is 48.0 Å². The third-order valence-electron chi connectivity index (χ3n) is 3.30. The first-order valence-corrected chi connectivity index (χ1v) is 7.06. The number of hydrogen-bond donors (Lipinski definition) is 1. The van der Waals surface area contributed by atoms with Gasteiger partial charge in [0.2, 0.25) is 0 Å². The van der Waals surface area contributed by atoms with Crippen molar-refractivity contribution < 1.29 is 4.79 Å². The molecule has 0 unspecified atom stereocenters. The monoisotopic (exact) mass is 328 g/mol. The highest BCUT2D eigenvalue weighted by atomic mass is 79.9. The molecule has 20 heavy (non-hydrogen) atoms. The number of nitrogens with two attached hydrogens (primary N) is 1. The van der Waals surface area contributed by atoms with Crippen LogP contribution in [0.5, 0.6) is 0 Å². The van der Waals surface area contributed by atoms with Crippen LogP contribution in [0.1, 0.15) is 15.9 Å². The van der Waals surface area contributed by atoms with Gasteiger partial charge in [0.15, 0.2) is 0 Å². The lowest BCUT2D eigenvalue weighted by molar-refractivity contribution is 0.100. The van der Waals surface area contributed by atoms with Gasteiger partial charge in [-0.05, 0) is 23.8 Å². The highest BCUT2D eigenvalue weighted by Gasteiger charge is 2.12. The highest BCUT2D eigenvalue weighted by molar-refractivity contribution is 9.10. The van der Waals surface area contributed by atoms with Crippen LogP contribution in [0.2, 0.25) is 0 Å². The highest BCUT2D eigenvalue weighted by Crippen LogP contribution is 2.22. The number of para-hydroxylation sites is 1. The van der Waals surface area contributed by atoms with Gasteiger partial charge in [-0.1, -0.05) is 46.3 Å². The van der Waals surface area contributed by atoms with Crippen molar-refractivity contribution >= 4 is 32.7 Å². The predicted molar refractivity (Wildman–Crippen MR) is 83.7 cm³/mol. The summed E-state index contributed by atoms with van der Waals surface area (Å²) in [6, 6.07) is 15.9. The zero-order valence-electron chi connectivity index (χ0n) is 10.7. The summed E-state index contributed by atoms with van der Waals surface area (Å²) >= 11 is 3.47. The van der Waals surface area contributed by atoms with Gasteiger partial charge in [-0.15, -0.1) is 0 Å². The molecule has 0 radical (unpaired) electrons. The van der Waals surface area contributed by atoms with Crippen molar-refractivity contribution in [3.63, 3.8) is 0 Å². The fraction of sp³-hybridized carbons (Fsp3) is 0.0625. The quantitative estimate of drug-likeness (QED) is 0.785. The Morgan fingerprint density at radius 1 is 1.15 bits per heavy atom. The fourth-order valence-corrected chi connectivity index (χ4v) is 2.85. The van der Waals surface area contributed by atoms with Crippen molar-refractivity contribution in [2.75, 3.05) is 0 Å². The summed E-state index contributed by atoms with van der Waals surface area (Å²) in [4.78, 5) is 11.5. The van der Waals surface area contributed by atoms with Gasteiger partial charge >= 0.3 is 0 Å². The van der Waals surface area contributed by atoms with Crippen LogP contribution in [0, 0.1) is 0 Å². The van der Waals surface area contributed by atoms with Gasteiger partial charge in [0, 0.05) is 28.1 Å². The maximum atomic E-state index is 11.5. The van der Waals surface area contributed by atoms with E-state index >= 15 is 0 Å². The molecule has 1 amide bonds. The van der Waals surface area contributed by atoms with Crippen molar-refractivity contribution in [1.82, 2.24) is 4.57 Å². The molecule has 2 N–H and O–H groups in total. The Bertz CT molecular complexity index is 792. The van der Waals surface area contributed by atoms with E-state index in [-0.39, 0.29) is 0 Å². The second kappa shape index (κ2) is 5.13. The maximum absolute atomic E-state index is 11.5. The molecule has 2 aromatic carbocycles. The maximum Gasteiger partial charge on any atom is 0.250 e. The van der Waals surface area contributed by atoms with Crippen LogP contribution in [0.4, 0.5) is 0 Å². The number of nitrogens with zero attached hydrogens (tertiary/aromatic N) is 1. The molecule has 3 nitrogen and oxygen atoms in total. The SMILES string of the molecule is NC(=O)c1cn(Cc2cccc(Br)c2)c2ccccc12. The number of amides is 1. The van der Waals surface area contributed by atoms with Crippen LogP contribution in [0.15, 0.2) is 59.2 Å². The molecular formula is C16H13BrN2O. The summed E-state index contributed by atoms with van der Waals surface area (Å²) in [7, 11) is 0. The molecule has 0 spiro atoms. The third kappa shape index (κ3) is 2.34. The largest absolute Gasteiger partial charge is 0.366 e. The average molecular weight is 329 g/mol. The Labute approximate surface area is 125 Å². The van der Waals surface area contributed by atoms with Crippen LogP contribution >= 0.6 is 15.9 Å². The van der Waals surface area contributed by atoms with E-state index < -0.39 is 5.91 Å². The molecule has 1 aromatic heterocycles. The molecule has 4 heteroatoms. The molecule has 3 rings (SSSR count). The summed E-state index contributed by atoms with van der Waals surface area (Å²) in [5.74, 6) is -0.394. The first-order chi connectivity index (χ1) is 9.65. The molecular weight excluding hydrogens is 316 g/mol. The Kier molecular flexibility index (Phi) is 3.32. The minimum atomic E-state index is -0.394. The Balaban J connectivity index is 2.10. The van der Waals surface area contributed by atoms with Crippen LogP contribution < -0.4 is 5.73 Å². The van der Waals surface area contributed by atoms with Crippen molar-refractivity contribution in [2.45, 2.75) is 6.54 Å². The summed E-state index contributed by atoms with van der Waals surface area (Å²) in [5.41, 5.74) is 8.19. The van der Waals surface area contributed by atoms with Gasteiger partial charge in [-0.3, -0.25) is 4.79 Å². The van der Waals surface area contributed by atoms with Crippen LogP contribution in [-0.4, -0.2) is 10.5 Å². The lowest BCUT2D eigenvalue weighted by atomic mass is 10.2. The van der Waals surface area contributed by atoms with E-state index in [2.05, 4.69) is 32.6 Å². The number of rotatable bonds is 3. The smallest absolute Gasteiger partial charge is 0.250 e. The molecule has 100 valence electrons. The number of carbonyl (C=O) groups is 1. The van der Waals surface area contributed by atoms with E-state index in [1.54, 1.807) is 0 Å². The van der Waals surface area contributed by atoms with Crippen LogP contribution in [0.25, 0.3) is 10.9 Å². The molecule has 0 bridgehead atoms. The van der Waals surface area contributed by atoms with Crippen molar-refractivity contribution in [3.8, 4) is 0 Å². The standard InChI is InChI=1S/C16H13BrN2O/c17-12-5-3-4-11(8-12)9-19-10-14(16(18)20)13-6-1-2-7-15(13)19/h1-8,10H,9H2,(H2,18,20). The summed E-state index contributed by atoms with van der Waals surface area (Å²) in [6.07, 6.45) is 1.83. The zero-order chi connectivity index (χ0) is 14.1. The summed E-state index contributed by atoms with van der Waals surface area (Å²) in [5, 5.41) is 0.898. The summed E-state index contributed by atoms with van der Waals surface area (Å²) < 4.78 is 3.10. The molecule has 0 saturated heterocycles. The fourth-order valence-electron chi connectivity index (χ4n) is 2.41. The number of aromatic nitrogens is 1. The molecule has 0 aliphatic heterocycles.